The Balaban J connectivity index is 1.32. The van der Waals surface area contributed by atoms with E-state index in [2.05, 4.69) is 27.9 Å². The lowest BCUT2D eigenvalue weighted by molar-refractivity contribution is -0.144. The highest BCUT2D eigenvalue weighted by Crippen LogP contribution is 2.29. The Morgan fingerprint density at radius 1 is 1.02 bits per heavy atom. The average Bonchev–Trinajstić information content (AvgIpc) is 3.56. The second-order valence-corrected chi connectivity index (χ2v) is 11.5. The van der Waals surface area contributed by atoms with Crippen LogP contribution in [0.3, 0.4) is 0 Å². The minimum atomic E-state index is -0.441. The fourth-order valence-corrected chi connectivity index (χ4v) is 6.09. The number of H-pyrrole nitrogens is 1. The van der Waals surface area contributed by atoms with Crippen molar-refractivity contribution >= 4 is 35.4 Å². The van der Waals surface area contributed by atoms with Gasteiger partial charge in [-0.25, -0.2) is 4.99 Å². The summed E-state index contributed by atoms with van der Waals surface area (Å²) < 4.78 is 4.99. The number of methoxy groups -OCH3 is 1. The molecule has 2 unspecified atom stereocenters. The number of fused-ring (bicyclic) bond motifs is 2. The van der Waals surface area contributed by atoms with Crippen molar-refractivity contribution in [3.63, 3.8) is 0 Å². The fraction of sp³-hybridized carbons (Fsp3) is 0.364. The van der Waals surface area contributed by atoms with Crippen molar-refractivity contribution in [2.45, 2.75) is 20.0 Å². The van der Waals surface area contributed by atoms with E-state index in [0.717, 1.165) is 53.8 Å². The first-order valence-corrected chi connectivity index (χ1v) is 14.5. The molecule has 9 heteroatoms. The number of nitrogens with zero attached hydrogens (tertiary/aromatic N) is 4. The zero-order valence-corrected chi connectivity index (χ0v) is 24.3. The number of piperazine rings is 1. The minimum Gasteiger partial charge on any atom is -0.494 e. The highest BCUT2D eigenvalue weighted by Gasteiger charge is 2.29. The minimum absolute atomic E-state index is 0.00495. The monoisotopic (exact) mass is 567 g/mol. The molecule has 2 N–H and O–H groups in total. The molecule has 218 valence electrons. The molecule has 1 fully saturated rings. The molecule has 3 aromatic rings. The first kappa shape index (κ1) is 27.9. The van der Waals surface area contributed by atoms with Crippen LogP contribution < -0.4 is 10.6 Å². The lowest BCUT2D eigenvalue weighted by atomic mass is 9.88. The normalized spacial score (nSPS) is 20.8. The van der Waals surface area contributed by atoms with Gasteiger partial charge in [-0.2, -0.15) is 0 Å². The molecule has 2 aromatic carbocycles. The average molecular weight is 568 g/mol. The number of hydrogen-bond donors (Lipinski definition) is 2. The second kappa shape index (κ2) is 11.6. The Bertz CT molecular complexity index is 1650. The summed E-state index contributed by atoms with van der Waals surface area (Å²) >= 11 is 0. The molecule has 2 atom stereocenters. The fourth-order valence-electron chi connectivity index (χ4n) is 6.09. The maximum atomic E-state index is 13.1. The Labute approximate surface area is 245 Å². The van der Waals surface area contributed by atoms with E-state index in [1.807, 2.05) is 66.4 Å². The molecule has 1 aliphatic carbocycles. The van der Waals surface area contributed by atoms with Crippen molar-refractivity contribution in [1.82, 2.24) is 19.7 Å². The van der Waals surface area contributed by atoms with E-state index in [1.54, 1.807) is 0 Å². The molecular weight excluding hydrogens is 530 g/mol. The van der Waals surface area contributed by atoms with Gasteiger partial charge in [0.2, 0.25) is 5.91 Å². The first-order valence-electron chi connectivity index (χ1n) is 14.5. The second-order valence-electron chi connectivity index (χ2n) is 11.5. The van der Waals surface area contributed by atoms with Crippen LogP contribution in [0.4, 0.5) is 5.69 Å². The molecule has 1 amide bonds. The lowest BCUT2D eigenvalue weighted by Gasteiger charge is -2.32. The van der Waals surface area contributed by atoms with Gasteiger partial charge in [-0.1, -0.05) is 49.4 Å². The molecule has 0 spiro atoms. The number of aromatic amines is 1. The topological polar surface area (TPSA) is 101 Å². The van der Waals surface area contributed by atoms with Crippen LogP contribution in [-0.4, -0.2) is 89.3 Å². The van der Waals surface area contributed by atoms with E-state index in [1.165, 1.54) is 7.11 Å². The molecule has 0 radical (unpaired) electrons. The van der Waals surface area contributed by atoms with E-state index in [4.69, 9.17) is 9.73 Å². The maximum absolute atomic E-state index is 13.1. The molecular formula is C33H37N5O4. The third-order valence-corrected chi connectivity index (χ3v) is 8.61. The quantitative estimate of drug-likeness (QED) is 0.349. The maximum Gasteiger partial charge on any atom is 0.313 e. The number of rotatable bonds is 6. The first-order chi connectivity index (χ1) is 20.3. The predicted octanol–water partition coefficient (Wildman–Crippen LogP) is 1.98. The Hall–Kier alpha value is -4.21. The van der Waals surface area contributed by atoms with Crippen LogP contribution in [0.1, 0.15) is 29.2 Å². The van der Waals surface area contributed by atoms with Crippen molar-refractivity contribution in [2.75, 3.05) is 46.9 Å². The van der Waals surface area contributed by atoms with Gasteiger partial charge in [0.15, 0.2) is 5.88 Å². The van der Waals surface area contributed by atoms with Crippen molar-refractivity contribution in [1.29, 1.82) is 0 Å². The summed E-state index contributed by atoms with van der Waals surface area (Å²) in [5.41, 5.74) is 5.04. The van der Waals surface area contributed by atoms with E-state index in [-0.39, 0.29) is 23.7 Å². The Kier molecular flexibility index (Phi) is 7.70. The third-order valence-electron chi connectivity index (χ3n) is 8.61. The number of ether oxygens (including phenoxy) is 1. The van der Waals surface area contributed by atoms with Crippen molar-refractivity contribution in [3.8, 4) is 5.88 Å². The Morgan fingerprint density at radius 2 is 1.76 bits per heavy atom. The summed E-state index contributed by atoms with van der Waals surface area (Å²) in [6.45, 7) is 7.38. The largest absolute Gasteiger partial charge is 0.494 e. The zero-order chi connectivity index (χ0) is 29.4. The van der Waals surface area contributed by atoms with Gasteiger partial charge >= 0.3 is 5.97 Å². The number of hydrogen-bond acceptors (Lipinski definition) is 7. The number of likely N-dealkylation sites (N-methyl/N-ethyl adjacent to an activating group) is 1. The number of carbonyl (C=O) groups excluding carboxylic acids is 2. The number of amides is 1. The molecule has 1 saturated heterocycles. The number of aromatic nitrogens is 1. The van der Waals surface area contributed by atoms with Crippen molar-refractivity contribution in [3.05, 3.63) is 81.4 Å². The highest BCUT2D eigenvalue weighted by molar-refractivity contribution is 6.15. The van der Waals surface area contributed by atoms with Gasteiger partial charge in [-0.15, -0.1) is 0 Å². The van der Waals surface area contributed by atoms with Gasteiger partial charge in [-0.3, -0.25) is 14.5 Å². The zero-order valence-electron chi connectivity index (χ0n) is 24.3. The van der Waals surface area contributed by atoms with E-state index in [9.17, 15) is 14.7 Å². The number of aliphatic imine (C=N–C) groups is 1. The van der Waals surface area contributed by atoms with Gasteiger partial charge in [0.25, 0.3) is 0 Å². The summed E-state index contributed by atoms with van der Waals surface area (Å²) in [6, 6.07) is 15.8. The highest BCUT2D eigenvalue weighted by atomic mass is 16.5. The summed E-state index contributed by atoms with van der Waals surface area (Å²) in [6.07, 6.45) is 3.81. The van der Waals surface area contributed by atoms with Crippen LogP contribution in [0.5, 0.6) is 5.88 Å². The van der Waals surface area contributed by atoms with Crippen LogP contribution >= 0.6 is 0 Å². The molecule has 3 aliphatic rings. The van der Waals surface area contributed by atoms with Gasteiger partial charge in [-0.05, 0) is 42.3 Å². The summed E-state index contributed by atoms with van der Waals surface area (Å²) in [7, 11) is 3.50. The summed E-state index contributed by atoms with van der Waals surface area (Å²) in [5, 5.41) is 12.6. The van der Waals surface area contributed by atoms with Gasteiger partial charge < -0.3 is 24.6 Å². The van der Waals surface area contributed by atoms with Crippen LogP contribution in [0.2, 0.25) is 0 Å². The molecule has 2 aliphatic heterocycles. The van der Waals surface area contributed by atoms with Crippen molar-refractivity contribution in [2.24, 2.45) is 16.8 Å². The van der Waals surface area contributed by atoms with E-state index < -0.39 is 5.92 Å². The summed E-state index contributed by atoms with van der Waals surface area (Å²) in [4.78, 5) is 40.1. The molecule has 1 aromatic heterocycles. The molecule has 6 rings (SSSR count). The van der Waals surface area contributed by atoms with Crippen LogP contribution in [0, 0.1) is 11.8 Å². The van der Waals surface area contributed by atoms with Crippen LogP contribution in [0.15, 0.2) is 53.5 Å². The molecule has 0 saturated carbocycles. The standard InChI is InChI=1S/C33H37N5O4/c1-21-15-27-28(17-26(21)33(41)42-3)35-32(40)30(27)31(22-7-5-4-6-8-22)34-25-10-9-23-18-38(19-24(23)16-25)29(39)20-37-13-11-36(2)12-14-37/h4-10,15-17,21,26,35,40H,11-14,18-20H2,1-3H3. The van der Waals surface area contributed by atoms with Gasteiger partial charge in [0.05, 0.1) is 36.5 Å². The van der Waals surface area contributed by atoms with E-state index >= 15 is 0 Å². The van der Waals surface area contributed by atoms with Gasteiger partial charge in [0, 0.05) is 55.4 Å². The van der Waals surface area contributed by atoms with Crippen molar-refractivity contribution < 1.29 is 19.4 Å². The third kappa shape index (κ3) is 5.49. The molecule has 0 bridgehead atoms. The Morgan fingerprint density at radius 3 is 2.50 bits per heavy atom. The SMILES string of the molecule is COC(=O)C1C=c2[nH]c(O)c(C(=Nc3ccc4c(c3)CN(C(=O)CN3CCN(C)CC3)C4)c3ccccc3)c2=CC1C. The number of esters is 1. The predicted molar refractivity (Wildman–Crippen MR) is 162 cm³/mol. The molecule has 9 nitrogen and oxygen atoms in total. The number of carbonyl (C=O) groups is 2. The molecule has 3 heterocycles. The van der Waals surface area contributed by atoms with Gasteiger partial charge in [0.1, 0.15) is 0 Å². The lowest BCUT2D eigenvalue weighted by Crippen LogP contribution is -2.48. The van der Waals surface area contributed by atoms with Crippen LogP contribution in [0.25, 0.3) is 12.2 Å². The summed E-state index contributed by atoms with van der Waals surface area (Å²) in [5.74, 6) is -0.726. The van der Waals surface area contributed by atoms with Crippen LogP contribution in [-0.2, 0) is 27.4 Å². The number of aromatic hydroxyl groups is 1. The smallest absolute Gasteiger partial charge is 0.313 e. The number of benzene rings is 2. The molecule has 42 heavy (non-hydrogen) atoms. The number of nitrogens with one attached hydrogen (secondary N) is 1. The van der Waals surface area contributed by atoms with E-state index in [0.29, 0.717) is 36.3 Å².